The average Bonchev–Trinajstić information content (AvgIpc) is 1.77. The monoisotopic (exact) mass is 108 g/mol. The summed E-state index contributed by atoms with van der Waals surface area (Å²) in [7, 11) is 0. The highest BCUT2D eigenvalue weighted by Gasteiger charge is 1.63. The molecule has 0 N–H and O–H groups in total. The fourth-order valence-corrected chi connectivity index (χ4v) is 0.440. The molecule has 8 heavy (non-hydrogen) atoms. The number of allylic oxidation sites excluding steroid dienone is 2. The minimum atomic E-state index is -0.121. The molecule has 0 heterocycles. The molecule has 0 atom stereocenters. The number of rotatable bonds is 0. The van der Waals surface area contributed by atoms with Crippen LogP contribution >= 0.6 is 0 Å². The summed E-state index contributed by atoms with van der Waals surface area (Å²) in [6, 6.07) is 0. The van der Waals surface area contributed by atoms with Crippen LogP contribution < -0.4 is 10.2 Å². The quantitative estimate of drug-likeness (QED) is 0.370. The Morgan fingerprint density at radius 1 is 1.00 bits per heavy atom. The van der Waals surface area contributed by atoms with Crippen molar-refractivity contribution in [2.45, 2.75) is 0 Å². The Morgan fingerprint density at radius 2 is 1.38 bits per heavy atom. The highest BCUT2D eigenvalue weighted by atomic mass is 16.3. The van der Waals surface area contributed by atoms with E-state index in [2.05, 4.69) is 0 Å². The summed E-state index contributed by atoms with van der Waals surface area (Å²) in [5.41, 5.74) is 0. The van der Waals surface area contributed by atoms with Crippen LogP contribution in [0.4, 0.5) is 0 Å². The van der Waals surface area contributed by atoms with Crippen molar-refractivity contribution in [2.24, 2.45) is 0 Å². The van der Waals surface area contributed by atoms with Crippen LogP contribution in [0.5, 0.6) is 0 Å². The lowest BCUT2D eigenvalue weighted by atomic mass is 10.1. The first kappa shape index (κ1) is 4.97. The van der Waals surface area contributed by atoms with E-state index in [0.717, 1.165) is 0 Å². The molecule has 1 aliphatic rings. The smallest absolute Gasteiger partial charge is 0.294 e. The van der Waals surface area contributed by atoms with Gasteiger partial charge < -0.3 is 21.7 Å². The summed E-state index contributed by atoms with van der Waals surface area (Å²) in [6.07, 6.45) is 5.01. The second-order valence-electron chi connectivity index (χ2n) is 1.47. The maximum atomic E-state index is 10.3. The summed E-state index contributed by atoms with van der Waals surface area (Å²) < 4.78 is 0. The van der Waals surface area contributed by atoms with E-state index in [0.29, 0.717) is 0 Å². The second-order valence-corrected chi connectivity index (χ2v) is 1.47. The molecular weight excluding hydrogens is 104 g/mol. The van der Waals surface area contributed by atoms with Gasteiger partial charge in [0.05, 0.1) is 0 Å². The van der Waals surface area contributed by atoms with Gasteiger partial charge >= 0.3 is 0 Å². The van der Waals surface area contributed by atoms with E-state index in [4.69, 9.17) is 0 Å². The summed E-state index contributed by atoms with van der Waals surface area (Å²) in [6.45, 7) is 0. The van der Waals surface area contributed by atoms with Crippen LogP contribution in [-0.4, -0.2) is 0 Å². The molecule has 2 nitrogen and oxygen atoms in total. The Hall–Kier alpha value is -1.18. The van der Waals surface area contributed by atoms with Crippen LogP contribution in [0.1, 0.15) is 0 Å². The molecule has 0 amide bonds. The Bertz CT molecular complexity index is 127. The van der Waals surface area contributed by atoms with Crippen molar-refractivity contribution < 1.29 is 10.2 Å². The molecule has 0 radical (unpaired) electrons. The minimum Gasteiger partial charge on any atom is -0.945 e. The average molecular weight is 108 g/mol. The molecule has 0 spiro atoms. The SMILES string of the molecule is [O-]C1=C[CH-]C([O-])=C[CH-]1. The third-order valence-electron chi connectivity index (χ3n) is 0.824. The first-order valence-corrected chi connectivity index (χ1v) is 2.23. The molecule has 0 fully saturated rings. The van der Waals surface area contributed by atoms with E-state index in [9.17, 15) is 10.2 Å². The van der Waals surface area contributed by atoms with Gasteiger partial charge in [-0.25, -0.2) is 0 Å². The van der Waals surface area contributed by atoms with Gasteiger partial charge in [-0.3, -0.25) is 25.0 Å². The molecule has 0 aromatic rings. The first-order valence-electron chi connectivity index (χ1n) is 2.23. The maximum Gasteiger partial charge on any atom is -0.294 e. The molecule has 0 unspecified atom stereocenters. The second kappa shape index (κ2) is 1.74. The maximum absolute atomic E-state index is 10.3. The van der Waals surface area contributed by atoms with Crippen molar-refractivity contribution in [3.8, 4) is 0 Å². The summed E-state index contributed by atoms with van der Waals surface area (Å²) >= 11 is 0. The highest BCUT2D eigenvalue weighted by Crippen LogP contribution is 2.05. The lowest BCUT2D eigenvalue weighted by Crippen LogP contribution is -2.12. The normalized spacial score (nSPS) is 17.5. The number of hydrogen-bond acceptors (Lipinski definition) is 2. The van der Waals surface area contributed by atoms with E-state index >= 15 is 0 Å². The minimum absolute atomic E-state index is 0.121. The van der Waals surface area contributed by atoms with E-state index in [-0.39, 0.29) is 11.5 Å². The van der Waals surface area contributed by atoms with Gasteiger partial charge in [-0.2, -0.15) is 0 Å². The van der Waals surface area contributed by atoms with Gasteiger partial charge in [-0.15, -0.1) is 0 Å². The van der Waals surface area contributed by atoms with Crippen molar-refractivity contribution in [1.29, 1.82) is 0 Å². The van der Waals surface area contributed by atoms with Gasteiger partial charge in [-0.05, 0) is 0 Å². The Labute approximate surface area is 47.8 Å². The van der Waals surface area contributed by atoms with Crippen LogP contribution in [0.25, 0.3) is 0 Å². The molecule has 2 heteroatoms. The standard InChI is InChI=1S/C6H6O2/c7-5-1-2-6(8)4-3-5/h1-4,7-8H/q-2/p-2. The molecule has 0 saturated carbocycles. The molecule has 0 aliphatic heterocycles. The Morgan fingerprint density at radius 3 is 1.62 bits per heavy atom. The van der Waals surface area contributed by atoms with Gasteiger partial charge in [-0.1, -0.05) is 0 Å². The van der Waals surface area contributed by atoms with E-state index in [1.54, 1.807) is 0 Å². The van der Waals surface area contributed by atoms with Crippen LogP contribution in [0.3, 0.4) is 0 Å². The van der Waals surface area contributed by atoms with Gasteiger partial charge in [0.25, 0.3) is 0 Å². The molecule has 1 rings (SSSR count). The first-order chi connectivity index (χ1) is 3.79. The Kier molecular flexibility index (Phi) is 1.08. The van der Waals surface area contributed by atoms with Crippen LogP contribution in [0, 0.1) is 12.8 Å². The fraction of sp³-hybridized carbons (Fsp3) is 0. The molecule has 0 saturated heterocycles. The predicted molar refractivity (Wildman–Crippen MR) is 24.8 cm³/mol. The molecular formula is C6H4O2-4. The molecule has 1 aliphatic carbocycles. The third kappa shape index (κ3) is 0.904. The topological polar surface area (TPSA) is 46.1 Å². The zero-order chi connectivity index (χ0) is 5.98. The van der Waals surface area contributed by atoms with Crippen molar-refractivity contribution >= 4 is 0 Å². The lowest BCUT2D eigenvalue weighted by Gasteiger charge is -2.39. The van der Waals surface area contributed by atoms with E-state index < -0.39 is 0 Å². The fourth-order valence-electron chi connectivity index (χ4n) is 0.440. The molecule has 44 valence electrons. The zero-order valence-corrected chi connectivity index (χ0v) is 4.13. The summed E-state index contributed by atoms with van der Waals surface area (Å²) in [5, 5.41) is 20.6. The van der Waals surface area contributed by atoms with Crippen molar-refractivity contribution in [3.05, 3.63) is 36.5 Å². The van der Waals surface area contributed by atoms with E-state index in [1.807, 2.05) is 0 Å². The number of hydrogen-bond donors (Lipinski definition) is 0. The van der Waals surface area contributed by atoms with Crippen molar-refractivity contribution in [2.75, 3.05) is 0 Å². The van der Waals surface area contributed by atoms with E-state index in [1.165, 1.54) is 25.0 Å². The molecule has 0 aromatic carbocycles. The van der Waals surface area contributed by atoms with Crippen LogP contribution in [0.2, 0.25) is 0 Å². The zero-order valence-electron chi connectivity index (χ0n) is 4.13. The summed E-state index contributed by atoms with van der Waals surface area (Å²) in [4.78, 5) is 0. The summed E-state index contributed by atoms with van der Waals surface area (Å²) in [5.74, 6) is -0.241. The van der Waals surface area contributed by atoms with Crippen LogP contribution in [-0.2, 0) is 0 Å². The Balaban J connectivity index is 2.54. The molecule has 0 aromatic heterocycles. The highest BCUT2D eigenvalue weighted by molar-refractivity contribution is 5.30. The lowest BCUT2D eigenvalue weighted by molar-refractivity contribution is -0.307. The van der Waals surface area contributed by atoms with Gasteiger partial charge in [0.2, 0.25) is 0 Å². The van der Waals surface area contributed by atoms with Gasteiger partial charge in [0, 0.05) is 0 Å². The van der Waals surface area contributed by atoms with Gasteiger partial charge in [0.15, 0.2) is 0 Å². The third-order valence-corrected chi connectivity index (χ3v) is 0.824. The predicted octanol–water partition coefficient (Wildman–Crippen LogP) is -1.10. The van der Waals surface area contributed by atoms with Crippen LogP contribution in [0.15, 0.2) is 23.7 Å². The van der Waals surface area contributed by atoms with Gasteiger partial charge in [0.1, 0.15) is 0 Å². The molecule has 0 bridgehead atoms. The van der Waals surface area contributed by atoms with Crippen molar-refractivity contribution in [1.82, 2.24) is 0 Å². The largest absolute Gasteiger partial charge is 0.945 e. The van der Waals surface area contributed by atoms with Crippen molar-refractivity contribution in [3.63, 3.8) is 0 Å².